The van der Waals surface area contributed by atoms with E-state index in [9.17, 15) is 0 Å². The third kappa shape index (κ3) is 2.45. The van der Waals surface area contributed by atoms with E-state index in [0.29, 0.717) is 5.92 Å². The van der Waals surface area contributed by atoms with Gasteiger partial charge in [0.1, 0.15) is 0 Å². The highest BCUT2D eigenvalue weighted by Crippen LogP contribution is 2.36. The summed E-state index contributed by atoms with van der Waals surface area (Å²) < 4.78 is 10.7. The summed E-state index contributed by atoms with van der Waals surface area (Å²) in [5.41, 5.74) is 2.33. The van der Waals surface area contributed by atoms with Gasteiger partial charge in [0.05, 0.1) is 19.7 Å². The van der Waals surface area contributed by atoms with E-state index >= 15 is 0 Å². The van der Waals surface area contributed by atoms with Gasteiger partial charge in [0, 0.05) is 17.6 Å². The number of hydrogen-bond acceptors (Lipinski definition) is 3. The second-order valence-electron chi connectivity index (χ2n) is 5.50. The van der Waals surface area contributed by atoms with Crippen LogP contribution in [0.5, 0.6) is 11.5 Å². The lowest BCUT2D eigenvalue weighted by Crippen LogP contribution is -2.05. The molecule has 106 valence electrons. The molecule has 0 N–H and O–H groups in total. The topological polar surface area (TPSA) is 31.4 Å². The van der Waals surface area contributed by atoms with Gasteiger partial charge in [-0.2, -0.15) is 0 Å². The molecule has 3 nitrogen and oxygen atoms in total. The molecule has 20 heavy (non-hydrogen) atoms. The molecule has 3 heteroatoms. The van der Waals surface area contributed by atoms with E-state index in [4.69, 9.17) is 9.47 Å². The van der Waals surface area contributed by atoms with E-state index in [1.165, 1.54) is 37.7 Å². The molecular formula is C17H21NO2. The third-order valence-corrected chi connectivity index (χ3v) is 4.28. The average molecular weight is 271 g/mol. The van der Waals surface area contributed by atoms with Crippen LogP contribution in [-0.2, 0) is 0 Å². The van der Waals surface area contributed by atoms with Crippen LogP contribution in [-0.4, -0.2) is 19.2 Å². The molecule has 1 aromatic carbocycles. The molecule has 2 aromatic rings. The highest BCUT2D eigenvalue weighted by molar-refractivity contribution is 5.83. The van der Waals surface area contributed by atoms with Crippen molar-refractivity contribution in [2.45, 2.75) is 38.0 Å². The first-order valence-corrected chi connectivity index (χ1v) is 7.33. The van der Waals surface area contributed by atoms with Gasteiger partial charge in [0.2, 0.25) is 0 Å². The standard InChI is InChI=1S/C17H21NO2/c1-19-16-9-13-8-14(12-6-4-3-5-7-12)11-18-15(13)10-17(16)20-2/h8-12H,3-7H2,1-2H3. The first-order chi connectivity index (χ1) is 9.81. The van der Waals surface area contributed by atoms with E-state index < -0.39 is 0 Å². The lowest BCUT2D eigenvalue weighted by atomic mass is 9.84. The minimum absolute atomic E-state index is 0.675. The average Bonchev–Trinajstić information content (AvgIpc) is 2.53. The molecule has 0 bridgehead atoms. The Bertz CT molecular complexity index is 603. The summed E-state index contributed by atoms with van der Waals surface area (Å²) in [6, 6.07) is 6.23. The third-order valence-electron chi connectivity index (χ3n) is 4.28. The summed E-state index contributed by atoms with van der Waals surface area (Å²) in [5, 5.41) is 1.13. The second kappa shape index (κ2) is 5.70. The fraction of sp³-hybridized carbons (Fsp3) is 0.471. The molecule has 1 saturated carbocycles. The molecule has 1 fully saturated rings. The largest absolute Gasteiger partial charge is 0.493 e. The lowest BCUT2D eigenvalue weighted by molar-refractivity contribution is 0.356. The Labute approximate surface area is 119 Å². The fourth-order valence-electron chi connectivity index (χ4n) is 3.13. The quantitative estimate of drug-likeness (QED) is 0.834. The van der Waals surface area contributed by atoms with Crippen molar-refractivity contribution >= 4 is 10.9 Å². The number of fused-ring (bicyclic) bond motifs is 1. The number of benzene rings is 1. The Balaban J connectivity index is 2.01. The Hall–Kier alpha value is -1.77. The molecule has 0 saturated heterocycles. The summed E-state index contributed by atoms with van der Waals surface area (Å²) >= 11 is 0. The van der Waals surface area contributed by atoms with Gasteiger partial charge in [-0.3, -0.25) is 4.98 Å². The number of nitrogens with zero attached hydrogens (tertiary/aromatic N) is 1. The summed E-state index contributed by atoms with van der Waals surface area (Å²) in [6.45, 7) is 0. The first-order valence-electron chi connectivity index (χ1n) is 7.33. The normalized spacial score (nSPS) is 16.3. The van der Waals surface area contributed by atoms with Crippen LogP contribution in [0.2, 0.25) is 0 Å². The van der Waals surface area contributed by atoms with Crippen molar-refractivity contribution in [3.05, 3.63) is 30.0 Å². The first kappa shape index (κ1) is 13.2. The van der Waals surface area contributed by atoms with E-state index in [0.717, 1.165) is 22.4 Å². The van der Waals surface area contributed by atoms with Crippen molar-refractivity contribution in [3.8, 4) is 11.5 Å². The van der Waals surface area contributed by atoms with E-state index in [2.05, 4.69) is 11.1 Å². The number of methoxy groups -OCH3 is 2. The molecule has 1 heterocycles. The van der Waals surface area contributed by atoms with Gasteiger partial charge in [0.25, 0.3) is 0 Å². The van der Waals surface area contributed by atoms with Crippen molar-refractivity contribution in [1.82, 2.24) is 4.98 Å². The minimum atomic E-state index is 0.675. The van der Waals surface area contributed by atoms with E-state index in [-0.39, 0.29) is 0 Å². The number of aromatic nitrogens is 1. The molecule has 3 rings (SSSR count). The van der Waals surface area contributed by atoms with E-state index in [1.807, 2.05) is 18.3 Å². The van der Waals surface area contributed by atoms with Gasteiger partial charge in [-0.25, -0.2) is 0 Å². The van der Waals surface area contributed by atoms with Gasteiger partial charge in [-0.1, -0.05) is 19.3 Å². The zero-order valence-corrected chi connectivity index (χ0v) is 12.2. The number of pyridine rings is 1. The number of rotatable bonds is 3. The van der Waals surface area contributed by atoms with Crippen molar-refractivity contribution < 1.29 is 9.47 Å². The zero-order chi connectivity index (χ0) is 13.9. The van der Waals surface area contributed by atoms with Gasteiger partial charge in [-0.15, -0.1) is 0 Å². The Kier molecular flexibility index (Phi) is 3.77. The van der Waals surface area contributed by atoms with Gasteiger partial charge in [-0.05, 0) is 36.5 Å². The maximum absolute atomic E-state index is 5.38. The van der Waals surface area contributed by atoms with Crippen LogP contribution in [0.1, 0.15) is 43.6 Å². The molecule has 1 aliphatic rings. The Morgan fingerprint density at radius 2 is 1.65 bits per heavy atom. The van der Waals surface area contributed by atoms with Crippen LogP contribution in [0.15, 0.2) is 24.4 Å². The fourth-order valence-corrected chi connectivity index (χ4v) is 3.13. The minimum Gasteiger partial charge on any atom is -0.493 e. The monoisotopic (exact) mass is 271 g/mol. The van der Waals surface area contributed by atoms with E-state index in [1.54, 1.807) is 14.2 Å². The van der Waals surface area contributed by atoms with Crippen LogP contribution in [0, 0.1) is 0 Å². The van der Waals surface area contributed by atoms with Crippen molar-refractivity contribution in [2.75, 3.05) is 14.2 Å². The number of ether oxygens (including phenoxy) is 2. The van der Waals surface area contributed by atoms with Crippen LogP contribution < -0.4 is 9.47 Å². The second-order valence-corrected chi connectivity index (χ2v) is 5.50. The maximum Gasteiger partial charge on any atom is 0.162 e. The molecule has 1 aliphatic carbocycles. The van der Waals surface area contributed by atoms with Crippen molar-refractivity contribution in [1.29, 1.82) is 0 Å². The van der Waals surface area contributed by atoms with Crippen molar-refractivity contribution in [2.24, 2.45) is 0 Å². The molecule has 0 atom stereocenters. The maximum atomic E-state index is 5.38. The molecule has 0 spiro atoms. The smallest absolute Gasteiger partial charge is 0.162 e. The Morgan fingerprint density at radius 3 is 2.35 bits per heavy atom. The molecule has 1 aromatic heterocycles. The SMILES string of the molecule is COc1cc2cc(C3CCCCC3)cnc2cc1OC. The predicted molar refractivity (Wildman–Crippen MR) is 80.7 cm³/mol. The molecular weight excluding hydrogens is 250 g/mol. The summed E-state index contributed by atoms with van der Waals surface area (Å²) in [5.74, 6) is 2.18. The summed E-state index contributed by atoms with van der Waals surface area (Å²) in [4.78, 5) is 4.60. The van der Waals surface area contributed by atoms with Crippen LogP contribution >= 0.6 is 0 Å². The zero-order valence-electron chi connectivity index (χ0n) is 12.2. The van der Waals surface area contributed by atoms with Gasteiger partial charge in [0.15, 0.2) is 11.5 Å². The number of hydrogen-bond donors (Lipinski definition) is 0. The van der Waals surface area contributed by atoms with Gasteiger partial charge >= 0.3 is 0 Å². The van der Waals surface area contributed by atoms with Crippen LogP contribution in [0.4, 0.5) is 0 Å². The molecule has 0 amide bonds. The highest BCUT2D eigenvalue weighted by Gasteiger charge is 2.16. The lowest BCUT2D eigenvalue weighted by Gasteiger charge is -2.22. The van der Waals surface area contributed by atoms with Gasteiger partial charge < -0.3 is 9.47 Å². The molecule has 0 unspecified atom stereocenters. The van der Waals surface area contributed by atoms with Crippen LogP contribution in [0.3, 0.4) is 0 Å². The summed E-state index contributed by atoms with van der Waals surface area (Å²) in [6.07, 6.45) is 8.68. The highest BCUT2D eigenvalue weighted by atomic mass is 16.5. The molecule has 0 radical (unpaired) electrons. The Morgan fingerprint density at radius 1 is 0.950 bits per heavy atom. The van der Waals surface area contributed by atoms with Crippen molar-refractivity contribution in [3.63, 3.8) is 0 Å². The molecule has 0 aliphatic heterocycles. The van der Waals surface area contributed by atoms with Crippen LogP contribution in [0.25, 0.3) is 10.9 Å². The summed E-state index contributed by atoms with van der Waals surface area (Å²) in [7, 11) is 3.32. The predicted octanol–water partition coefficient (Wildman–Crippen LogP) is 4.30.